The molecule has 1 rings (SSSR count). The van der Waals surface area contributed by atoms with Gasteiger partial charge in [-0.3, -0.25) is 10.3 Å². The monoisotopic (exact) mass is 206 g/mol. The van der Waals surface area contributed by atoms with E-state index in [4.69, 9.17) is 5.73 Å². The van der Waals surface area contributed by atoms with Gasteiger partial charge in [-0.1, -0.05) is 18.2 Å². The van der Waals surface area contributed by atoms with E-state index in [0.29, 0.717) is 0 Å². The maximum atomic E-state index is 11.4. The molecule has 1 aromatic rings. The number of para-hydroxylation sites is 1. The van der Waals surface area contributed by atoms with Crippen LogP contribution in [0.5, 0.6) is 0 Å². The van der Waals surface area contributed by atoms with Crippen LogP contribution in [0.15, 0.2) is 29.3 Å². The first kappa shape index (κ1) is 11.0. The van der Waals surface area contributed by atoms with Crippen molar-refractivity contribution in [3.63, 3.8) is 0 Å². The van der Waals surface area contributed by atoms with E-state index in [9.17, 15) is 4.79 Å². The van der Waals surface area contributed by atoms with Crippen LogP contribution in [-0.4, -0.2) is 19.0 Å². The molecule has 0 unspecified atom stereocenters. The van der Waals surface area contributed by atoms with Crippen LogP contribution in [0.3, 0.4) is 0 Å². The van der Waals surface area contributed by atoms with Crippen LogP contribution < -0.4 is 16.4 Å². The molecule has 0 atom stereocenters. The number of amides is 2. The second kappa shape index (κ2) is 4.99. The van der Waals surface area contributed by atoms with Crippen molar-refractivity contribution in [3.05, 3.63) is 29.8 Å². The van der Waals surface area contributed by atoms with Gasteiger partial charge < -0.3 is 11.1 Å². The van der Waals surface area contributed by atoms with Crippen molar-refractivity contribution in [2.24, 2.45) is 10.7 Å². The Morgan fingerprint density at radius 3 is 2.67 bits per heavy atom. The zero-order chi connectivity index (χ0) is 11.3. The third-order valence-electron chi connectivity index (χ3n) is 1.88. The molecular formula is C10H14N4O. The summed E-state index contributed by atoms with van der Waals surface area (Å²) in [6, 6.07) is 7.08. The lowest BCUT2D eigenvalue weighted by Crippen LogP contribution is -2.39. The van der Waals surface area contributed by atoms with E-state index in [2.05, 4.69) is 15.6 Å². The van der Waals surface area contributed by atoms with E-state index in [0.717, 1.165) is 11.3 Å². The number of guanidine groups is 1. The maximum Gasteiger partial charge on any atom is 0.325 e. The molecule has 5 heteroatoms. The molecule has 0 radical (unpaired) electrons. The summed E-state index contributed by atoms with van der Waals surface area (Å²) in [7, 11) is 1.50. The number of hydrogen-bond donors (Lipinski definition) is 3. The van der Waals surface area contributed by atoms with E-state index in [1.54, 1.807) is 0 Å². The molecule has 0 spiro atoms. The minimum absolute atomic E-state index is 0.0843. The first-order valence-electron chi connectivity index (χ1n) is 4.49. The number of aliphatic imine (C=N–C) groups is 1. The van der Waals surface area contributed by atoms with Gasteiger partial charge in [-0.25, -0.2) is 4.79 Å². The van der Waals surface area contributed by atoms with Crippen molar-refractivity contribution in [1.82, 2.24) is 5.32 Å². The molecular weight excluding hydrogens is 192 g/mol. The molecule has 2 amide bonds. The van der Waals surface area contributed by atoms with Crippen LogP contribution in [0.2, 0.25) is 0 Å². The lowest BCUT2D eigenvalue weighted by molar-refractivity contribution is 0.256. The molecule has 0 aromatic heterocycles. The number of hydrogen-bond acceptors (Lipinski definition) is 2. The third kappa shape index (κ3) is 3.30. The van der Waals surface area contributed by atoms with Crippen LogP contribution in [0, 0.1) is 6.92 Å². The van der Waals surface area contributed by atoms with Gasteiger partial charge in [0.15, 0.2) is 5.96 Å². The van der Waals surface area contributed by atoms with Gasteiger partial charge in [0.05, 0.1) is 0 Å². The van der Waals surface area contributed by atoms with Crippen LogP contribution in [-0.2, 0) is 0 Å². The smallest absolute Gasteiger partial charge is 0.325 e. The van der Waals surface area contributed by atoms with E-state index < -0.39 is 6.03 Å². The van der Waals surface area contributed by atoms with Gasteiger partial charge in [0.2, 0.25) is 0 Å². The van der Waals surface area contributed by atoms with Gasteiger partial charge in [-0.2, -0.15) is 0 Å². The topological polar surface area (TPSA) is 79.5 Å². The summed E-state index contributed by atoms with van der Waals surface area (Å²) in [5.74, 6) is 0.0843. The van der Waals surface area contributed by atoms with Gasteiger partial charge >= 0.3 is 6.03 Å². The Bertz CT molecular complexity index is 387. The standard InChI is InChI=1S/C10H14N4O/c1-7-5-3-4-6-8(7)13-10(15)14-9(11)12-2/h3-6H,1-2H3,(H4,11,12,13,14,15). The fourth-order valence-electron chi connectivity index (χ4n) is 1.04. The van der Waals surface area contributed by atoms with Crippen molar-refractivity contribution in [2.45, 2.75) is 6.92 Å². The van der Waals surface area contributed by atoms with E-state index in [-0.39, 0.29) is 5.96 Å². The Morgan fingerprint density at radius 1 is 1.40 bits per heavy atom. The van der Waals surface area contributed by atoms with Gasteiger partial charge in [0.25, 0.3) is 0 Å². The van der Waals surface area contributed by atoms with Crippen molar-refractivity contribution in [2.75, 3.05) is 12.4 Å². The van der Waals surface area contributed by atoms with E-state index in [1.807, 2.05) is 31.2 Å². The number of rotatable bonds is 1. The number of carbonyl (C=O) groups is 1. The number of urea groups is 1. The zero-order valence-electron chi connectivity index (χ0n) is 8.74. The Hall–Kier alpha value is -2.04. The summed E-state index contributed by atoms with van der Waals surface area (Å²) in [6.07, 6.45) is 0. The van der Waals surface area contributed by atoms with Gasteiger partial charge in [-0.15, -0.1) is 0 Å². The molecule has 0 heterocycles. The Kier molecular flexibility index (Phi) is 3.68. The lowest BCUT2D eigenvalue weighted by Gasteiger charge is -2.08. The molecule has 0 saturated carbocycles. The largest absolute Gasteiger partial charge is 0.370 e. The Morgan fingerprint density at radius 2 is 2.07 bits per heavy atom. The molecule has 0 aliphatic carbocycles. The molecule has 0 saturated heterocycles. The van der Waals surface area contributed by atoms with Gasteiger partial charge in [0.1, 0.15) is 0 Å². The number of anilines is 1. The van der Waals surface area contributed by atoms with Crippen LogP contribution >= 0.6 is 0 Å². The minimum atomic E-state index is -0.396. The third-order valence-corrected chi connectivity index (χ3v) is 1.88. The highest BCUT2D eigenvalue weighted by Crippen LogP contribution is 2.12. The number of nitrogens with two attached hydrogens (primary N) is 1. The molecule has 80 valence electrons. The van der Waals surface area contributed by atoms with Gasteiger partial charge in [0, 0.05) is 12.7 Å². The normalized spacial score (nSPS) is 10.9. The van der Waals surface area contributed by atoms with Gasteiger partial charge in [-0.05, 0) is 18.6 Å². The number of aryl methyl sites for hydroxylation is 1. The molecule has 4 N–H and O–H groups in total. The summed E-state index contributed by atoms with van der Waals surface area (Å²) in [5.41, 5.74) is 7.08. The molecule has 5 nitrogen and oxygen atoms in total. The average Bonchev–Trinajstić information content (AvgIpc) is 2.21. The predicted molar refractivity (Wildman–Crippen MR) is 60.9 cm³/mol. The summed E-state index contributed by atoms with van der Waals surface area (Å²) in [4.78, 5) is 15.0. The summed E-state index contributed by atoms with van der Waals surface area (Å²) in [6.45, 7) is 1.91. The van der Waals surface area contributed by atoms with E-state index >= 15 is 0 Å². The minimum Gasteiger partial charge on any atom is -0.370 e. The van der Waals surface area contributed by atoms with Crippen molar-refractivity contribution >= 4 is 17.7 Å². The van der Waals surface area contributed by atoms with Crippen LogP contribution in [0.4, 0.5) is 10.5 Å². The van der Waals surface area contributed by atoms with Crippen molar-refractivity contribution < 1.29 is 4.79 Å². The summed E-state index contributed by atoms with van der Waals surface area (Å²) >= 11 is 0. The lowest BCUT2D eigenvalue weighted by atomic mass is 10.2. The summed E-state index contributed by atoms with van der Waals surface area (Å²) in [5, 5.41) is 5.05. The fourth-order valence-corrected chi connectivity index (χ4v) is 1.04. The van der Waals surface area contributed by atoms with E-state index in [1.165, 1.54) is 7.05 Å². The number of nitrogens with zero attached hydrogens (tertiary/aromatic N) is 1. The Balaban J connectivity index is 2.63. The highest BCUT2D eigenvalue weighted by molar-refractivity contribution is 6.02. The molecule has 0 fully saturated rings. The maximum absolute atomic E-state index is 11.4. The number of benzene rings is 1. The first-order chi connectivity index (χ1) is 7.13. The second-order valence-electron chi connectivity index (χ2n) is 3.00. The van der Waals surface area contributed by atoms with Crippen LogP contribution in [0.1, 0.15) is 5.56 Å². The fraction of sp³-hybridized carbons (Fsp3) is 0.200. The zero-order valence-corrected chi connectivity index (χ0v) is 8.74. The average molecular weight is 206 g/mol. The quantitative estimate of drug-likeness (QED) is 0.474. The SMILES string of the molecule is CN=C(N)NC(=O)Nc1ccccc1C. The molecule has 0 aliphatic rings. The second-order valence-corrected chi connectivity index (χ2v) is 3.00. The van der Waals surface area contributed by atoms with Crippen LogP contribution in [0.25, 0.3) is 0 Å². The Labute approximate surface area is 88.4 Å². The highest BCUT2D eigenvalue weighted by Gasteiger charge is 2.03. The van der Waals surface area contributed by atoms with Crippen molar-refractivity contribution in [1.29, 1.82) is 0 Å². The predicted octanol–water partition coefficient (Wildman–Crippen LogP) is 1.06. The van der Waals surface area contributed by atoms with Crippen molar-refractivity contribution in [3.8, 4) is 0 Å². The number of nitrogens with one attached hydrogen (secondary N) is 2. The molecule has 1 aromatic carbocycles. The molecule has 15 heavy (non-hydrogen) atoms. The number of carbonyl (C=O) groups excluding carboxylic acids is 1. The molecule has 0 bridgehead atoms. The summed E-state index contributed by atoms with van der Waals surface area (Å²) < 4.78 is 0. The molecule has 0 aliphatic heterocycles. The highest BCUT2D eigenvalue weighted by atomic mass is 16.2. The first-order valence-corrected chi connectivity index (χ1v) is 4.49.